The van der Waals surface area contributed by atoms with E-state index in [1.54, 1.807) is 12.1 Å². The molecule has 0 atom stereocenters. The number of hydrogen-bond donors (Lipinski definition) is 1. The molecule has 0 spiro atoms. The third-order valence-corrected chi connectivity index (χ3v) is 1.42. The average molecular weight is 161 g/mol. The molecular weight excluding hydrogens is 156 g/mol. The number of nitrogens with one attached hydrogen (secondary N) is 1. The van der Waals surface area contributed by atoms with Gasteiger partial charge in [0.1, 0.15) is 0 Å². The van der Waals surface area contributed by atoms with E-state index in [0.29, 0.717) is 5.82 Å². The van der Waals surface area contributed by atoms with Gasteiger partial charge in [0, 0.05) is 5.56 Å². The van der Waals surface area contributed by atoms with Crippen molar-refractivity contribution in [3.63, 3.8) is 0 Å². The van der Waals surface area contributed by atoms with Crippen LogP contribution in [-0.4, -0.2) is 10.1 Å². The van der Waals surface area contributed by atoms with Gasteiger partial charge in [0.25, 0.3) is 0 Å². The fourth-order valence-electron chi connectivity index (χ4n) is 0.893. The highest BCUT2D eigenvalue weighted by atomic mass is 16.5. The second kappa shape index (κ2) is 2.65. The number of nitrogens with zero attached hydrogens (tertiary/aromatic N) is 1. The first-order valence-corrected chi connectivity index (χ1v) is 3.38. The number of aromatic nitrogens is 2. The van der Waals surface area contributed by atoms with Crippen LogP contribution in [0.1, 0.15) is 0 Å². The molecule has 4 heteroatoms. The van der Waals surface area contributed by atoms with E-state index in [9.17, 15) is 4.79 Å². The Hall–Kier alpha value is -1.84. The van der Waals surface area contributed by atoms with Gasteiger partial charge in [-0.1, -0.05) is 18.2 Å². The second-order valence-corrected chi connectivity index (χ2v) is 2.22. The van der Waals surface area contributed by atoms with Crippen molar-refractivity contribution in [2.75, 3.05) is 0 Å². The van der Waals surface area contributed by atoms with Crippen molar-refractivity contribution in [1.82, 2.24) is 10.1 Å². The lowest BCUT2D eigenvalue weighted by atomic mass is 10.2. The zero-order chi connectivity index (χ0) is 8.39. The zero-order valence-corrected chi connectivity index (χ0v) is 6.07. The third-order valence-electron chi connectivity index (χ3n) is 1.42. The topological polar surface area (TPSA) is 58.9 Å². The van der Waals surface area contributed by atoms with Crippen LogP contribution in [0.25, 0.3) is 11.4 Å². The van der Waals surface area contributed by atoms with E-state index in [4.69, 9.17) is 0 Å². The smallest absolute Gasteiger partial charge is 0.321 e. The first-order valence-electron chi connectivity index (χ1n) is 3.38. The molecule has 1 radical (unpaired) electrons. The van der Waals surface area contributed by atoms with E-state index in [1.807, 2.05) is 12.1 Å². The average Bonchev–Trinajstić information content (AvgIpc) is 2.54. The van der Waals surface area contributed by atoms with Crippen molar-refractivity contribution < 1.29 is 4.52 Å². The molecule has 0 amide bonds. The summed E-state index contributed by atoms with van der Waals surface area (Å²) >= 11 is 0. The SMILES string of the molecule is O=c1nc(-c2c[c]ccc2)[nH]o1. The minimum atomic E-state index is -0.617. The van der Waals surface area contributed by atoms with E-state index in [2.05, 4.69) is 20.7 Å². The minimum absolute atomic E-state index is 0.428. The monoisotopic (exact) mass is 161 g/mol. The molecule has 2 aromatic rings. The summed E-state index contributed by atoms with van der Waals surface area (Å²) in [6.45, 7) is 0. The van der Waals surface area contributed by atoms with Gasteiger partial charge in [-0.2, -0.15) is 10.1 Å². The van der Waals surface area contributed by atoms with Crippen molar-refractivity contribution in [1.29, 1.82) is 0 Å². The predicted octanol–water partition coefficient (Wildman–Crippen LogP) is 0.830. The summed E-state index contributed by atoms with van der Waals surface area (Å²) in [5.74, 6) is -0.189. The molecule has 1 heterocycles. The van der Waals surface area contributed by atoms with Crippen molar-refractivity contribution in [3.8, 4) is 11.4 Å². The van der Waals surface area contributed by atoms with E-state index >= 15 is 0 Å². The molecule has 0 aliphatic heterocycles. The van der Waals surface area contributed by atoms with Crippen molar-refractivity contribution in [2.45, 2.75) is 0 Å². The maximum absolute atomic E-state index is 10.5. The summed E-state index contributed by atoms with van der Waals surface area (Å²) in [6, 6.07) is 9.96. The van der Waals surface area contributed by atoms with Gasteiger partial charge in [-0.3, -0.25) is 0 Å². The zero-order valence-electron chi connectivity index (χ0n) is 6.07. The molecular formula is C8H5N2O2. The molecule has 59 valence electrons. The molecule has 1 N–H and O–H groups in total. The molecule has 0 fully saturated rings. The van der Waals surface area contributed by atoms with E-state index < -0.39 is 5.76 Å². The van der Waals surface area contributed by atoms with Crippen molar-refractivity contribution >= 4 is 0 Å². The second-order valence-electron chi connectivity index (χ2n) is 2.22. The molecule has 0 saturated heterocycles. The Bertz CT molecular complexity index is 416. The first-order chi connectivity index (χ1) is 5.86. The standard InChI is InChI=1S/C8H5N2O2/c11-8-9-7(10-12-8)6-4-2-1-3-5-6/h1-2,4-5H,(H,9,10,11). The number of rotatable bonds is 1. The molecule has 1 aromatic carbocycles. The van der Waals surface area contributed by atoms with Crippen LogP contribution < -0.4 is 5.76 Å². The summed E-state index contributed by atoms with van der Waals surface area (Å²) in [7, 11) is 0. The summed E-state index contributed by atoms with van der Waals surface area (Å²) < 4.78 is 4.41. The highest BCUT2D eigenvalue weighted by Gasteiger charge is 2.01. The molecule has 0 aliphatic rings. The summed E-state index contributed by atoms with van der Waals surface area (Å²) in [5, 5.41) is 2.40. The Morgan fingerprint density at radius 1 is 1.58 bits per heavy atom. The Morgan fingerprint density at radius 2 is 2.50 bits per heavy atom. The predicted molar refractivity (Wildman–Crippen MR) is 41.4 cm³/mol. The maximum Gasteiger partial charge on any atom is 0.460 e. The van der Waals surface area contributed by atoms with Crippen LogP contribution in [0.3, 0.4) is 0 Å². The molecule has 0 unspecified atom stereocenters. The minimum Gasteiger partial charge on any atom is -0.321 e. The Labute approximate surface area is 67.8 Å². The fraction of sp³-hybridized carbons (Fsp3) is 0. The number of benzene rings is 1. The van der Waals surface area contributed by atoms with Crippen LogP contribution in [-0.2, 0) is 0 Å². The van der Waals surface area contributed by atoms with Gasteiger partial charge in [0.2, 0.25) is 0 Å². The first kappa shape index (κ1) is 6.84. The van der Waals surface area contributed by atoms with Crippen molar-refractivity contribution in [2.24, 2.45) is 0 Å². The number of hydrogen-bond acceptors (Lipinski definition) is 3. The van der Waals surface area contributed by atoms with Gasteiger partial charge in [0.05, 0.1) is 0 Å². The van der Waals surface area contributed by atoms with Gasteiger partial charge < -0.3 is 4.52 Å². The molecule has 4 nitrogen and oxygen atoms in total. The van der Waals surface area contributed by atoms with Crippen molar-refractivity contribution in [3.05, 3.63) is 40.9 Å². The molecule has 0 bridgehead atoms. The molecule has 2 rings (SSSR count). The Kier molecular flexibility index (Phi) is 1.51. The van der Waals surface area contributed by atoms with E-state index in [0.717, 1.165) is 5.56 Å². The largest absolute Gasteiger partial charge is 0.460 e. The molecule has 12 heavy (non-hydrogen) atoms. The van der Waals surface area contributed by atoms with Crippen LogP contribution in [0, 0.1) is 6.07 Å². The third kappa shape index (κ3) is 1.14. The fourth-order valence-corrected chi connectivity index (χ4v) is 0.893. The molecule has 1 aromatic heterocycles. The normalized spacial score (nSPS) is 10.0. The lowest BCUT2D eigenvalue weighted by Crippen LogP contribution is -1.94. The molecule has 0 saturated carbocycles. The highest BCUT2D eigenvalue weighted by molar-refractivity contribution is 5.52. The summed E-state index contributed by atoms with van der Waals surface area (Å²) in [5.41, 5.74) is 0.781. The van der Waals surface area contributed by atoms with Gasteiger partial charge in [0.15, 0.2) is 5.82 Å². The number of aromatic amines is 1. The number of H-pyrrole nitrogens is 1. The summed E-state index contributed by atoms with van der Waals surface area (Å²) in [4.78, 5) is 14.1. The van der Waals surface area contributed by atoms with Crippen LogP contribution in [0.2, 0.25) is 0 Å². The lowest BCUT2D eigenvalue weighted by molar-refractivity contribution is 0.388. The Balaban J connectivity index is 2.51. The van der Waals surface area contributed by atoms with Crippen LogP contribution in [0.4, 0.5) is 0 Å². The van der Waals surface area contributed by atoms with Crippen LogP contribution >= 0.6 is 0 Å². The van der Waals surface area contributed by atoms with Gasteiger partial charge in [-0.15, -0.1) is 0 Å². The van der Waals surface area contributed by atoms with E-state index in [-0.39, 0.29) is 0 Å². The highest BCUT2D eigenvalue weighted by Crippen LogP contribution is 2.10. The lowest BCUT2D eigenvalue weighted by Gasteiger charge is -1.90. The van der Waals surface area contributed by atoms with Crippen LogP contribution in [0.15, 0.2) is 33.6 Å². The Morgan fingerprint density at radius 3 is 3.08 bits per heavy atom. The van der Waals surface area contributed by atoms with Gasteiger partial charge in [-0.25, -0.2) is 4.79 Å². The quantitative estimate of drug-likeness (QED) is 0.673. The summed E-state index contributed by atoms with van der Waals surface area (Å²) in [6.07, 6.45) is 0. The van der Waals surface area contributed by atoms with E-state index in [1.165, 1.54) is 0 Å². The maximum atomic E-state index is 10.5. The molecule has 0 aliphatic carbocycles. The van der Waals surface area contributed by atoms with Crippen LogP contribution in [0.5, 0.6) is 0 Å². The van der Waals surface area contributed by atoms with Gasteiger partial charge in [-0.05, 0) is 12.1 Å². The van der Waals surface area contributed by atoms with Gasteiger partial charge >= 0.3 is 5.76 Å².